The Hall–Kier alpha value is -3.77. The van der Waals surface area contributed by atoms with Gasteiger partial charge in [-0.25, -0.2) is 9.97 Å². The average molecular weight is 529 g/mol. The van der Waals surface area contributed by atoms with Gasteiger partial charge < -0.3 is 21.3 Å². The van der Waals surface area contributed by atoms with Crippen LogP contribution in [-0.2, 0) is 17.9 Å². The second kappa shape index (κ2) is 10.5. The molecule has 0 radical (unpaired) electrons. The SMILES string of the molecule is CCC(=O)Nc1nc(Cl)cc2c1CN(C(=O)c1ccc(Nc3s[nH]c(=O)c3C(N)=NC(C)C)nc1)C2. The van der Waals surface area contributed by atoms with E-state index in [0.717, 1.165) is 22.7 Å². The van der Waals surface area contributed by atoms with Gasteiger partial charge in [0.1, 0.15) is 33.2 Å². The van der Waals surface area contributed by atoms with Crippen molar-refractivity contribution in [1.29, 1.82) is 0 Å². The lowest BCUT2D eigenvalue weighted by Gasteiger charge is -2.15. The number of carbonyl (C=O) groups excluding carboxylic acids is 2. The maximum atomic E-state index is 13.2. The lowest BCUT2D eigenvalue weighted by molar-refractivity contribution is -0.115. The summed E-state index contributed by atoms with van der Waals surface area (Å²) in [4.78, 5) is 51.7. The normalized spacial score (nSPS) is 13.1. The number of fused-ring (bicyclic) bond motifs is 1. The number of halogens is 1. The molecule has 3 aromatic heterocycles. The zero-order valence-corrected chi connectivity index (χ0v) is 21.5. The van der Waals surface area contributed by atoms with Gasteiger partial charge in [-0.1, -0.05) is 18.5 Å². The molecule has 1 aliphatic heterocycles. The van der Waals surface area contributed by atoms with Gasteiger partial charge >= 0.3 is 0 Å². The Morgan fingerprint density at radius 1 is 1.33 bits per heavy atom. The minimum Gasteiger partial charge on any atom is -0.383 e. The molecule has 0 unspecified atom stereocenters. The summed E-state index contributed by atoms with van der Waals surface area (Å²) in [6.45, 7) is 6.09. The molecule has 4 rings (SSSR count). The topological polar surface area (TPSA) is 158 Å². The van der Waals surface area contributed by atoms with E-state index in [-0.39, 0.29) is 46.5 Å². The maximum Gasteiger partial charge on any atom is 0.271 e. The standard InChI is InChI=1S/C23H25ClN8O3S/c1-4-17(33)30-20-14-10-32(9-13(14)7-15(24)28-20)23(35)12-5-6-16(26-8-12)29-22-18(21(34)31-36-22)19(25)27-11(2)3/h5-8,11H,4,9-10H2,1-3H3,(H2,25,27)(H,26,29)(H,31,34)(H,28,30,33). The number of aromatic amines is 1. The Morgan fingerprint density at radius 2 is 2.11 bits per heavy atom. The van der Waals surface area contributed by atoms with E-state index in [0.29, 0.717) is 35.2 Å². The molecule has 0 fully saturated rings. The summed E-state index contributed by atoms with van der Waals surface area (Å²) in [5.74, 6) is 0.537. The van der Waals surface area contributed by atoms with Gasteiger partial charge in [-0.15, -0.1) is 0 Å². The summed E-state index contributed by atoms with van der Waals surface area (Å²) in [6, 6.07) is 4.92. The molecule has 0 spiro atoms. The van der Waals surface area contributed by atoms with Crippen LogP contribution in [0.2, 0.25) is 5.15 Å². The lowest BCUT2D eigenvalue weighted by atomic mass is 10.1. The highest BCUT2D eigenvalue weighted by molar-refractivity contribution is 7.10. The van der Waals surface area contributed by atoms with Gasteiger partial charge in [-0.05, 0) is 49.1 Å². The third-order valence-electron chi connectivity index (χ3n) is 5.37. The number of hydrogen-bond donors (Lipinski definition) is 4. The molecule has 0 saturated heterocycles. The molecule has 0 atom stereocenters. The zero-order valence-electron chi connectivity index (χ0n) is 19.9. The lowest BCUT2D eigenvalue weighted by Crippen LogP contribution is -2.25. The Bertz CT molecular complexity index is 1400. The fourth-order valence-electron chi connectivity index (χ4n) is 3.69. The number of nitrogens with two attached hydrogens (primary N) is 1. The average Bonchev–Trinajstić information content (AvgIpc) is 3.42. The molecule has 0 aromatic carbocycles. The number of amides is 2. The maximum absolute atomic E-state index is 13.2. The number of anilines is 3. The highest BCUT2D eigenvalue weighted by Crippen LogP contribution is 2.31. The molecule has 13 heteroatoms. The van der Waals surface area contributed by atoms with Crippen LogP contribution in [0, 0.1) is 0 Å². The Morgan fingerprint density at radius 3 is 2.78 bits per heavy atom. The second-order valence-electron chi connectivity index (χ2n) is 8.40. The smallest absolute Gasteiger partial charge is 0.271 e. The van der Waals surface area contributed by atoms with Gasteiger partial charge in [0.25, 0.3) is 11.5 Å². The fraction of sp³-hybridized carbons (Fsp3) is 0.304. The first-order valence-corrected chi connectivity index (χ1v) is 12.4. The van der Waals surface area contributed by atoms with Gasteiger partial charge in [0, 0.05) is 30.8 Å². The molecule has 11 nitrogen and oxygen atoms in total. The van der Waals surface area contributed by atoms with Gasteiger partial charge in [0.05, 0.1) is 12.1 Å². The second-order valence-corrected chi connectivity index (χ2v) is 9.60. The number of aliphatic imine (C=N–C) groups is 1. The number of aromatic nitrogens is 3. The number of nitrogens with one attached hydrogen (secondary N) is 3. The number of amidine groups is 1. The van der Waals surface area contributed by atoms with E-state index in [2.05, 4.69) is 30.0 Å². The number of carbonyl (C=O) groups is 2. The van der Waals surface area contributed by atoms with Crippen molar-refractivity contribution in [2.75, 3.05) is 10.6 Å². The first-order valence-electron chi connectivity index (χ1n) is 11.2. The van der Waals surface area contributed by atoms with Crippen LogP contribution in [0.15, 0.2) is 34.2 Å². The third-order valence-corrected chi connectivity index (χ3v) is 6.36. The molecule has 0 saturated carbocycles. The predicted octanol–water partition coefficient (Wildman–Crippen LogP) is 3.24. The summed E-state index contributed by atoms with van der Waals surface area (Å²) in [6.07, 6.45) is 1.76. The predicted molar refractivity (Wildman–Crippen MR) is 140 cm³/mol. The van der Waals surface area contributed by atoms with E-state index >= 15 is 0 Å². The summed E-state index contributed by atoms with van der Waals surface area (Å²) < 4.78 is 2.64. The number of rotatable bonds is 7. The number of nitrogens with zero attached hydrogens (tertiary/aromatic N) is 4. The van der Waals surface area contributed by atoms with Crippen molar-refractivity contribution >= 4 is 57.4 Å². The van der Waals surface area contributed by atoms with Crippen LogP contribution in [0.5, 0.6) is 0 Å². The molecule has 36 heavy (non-hydrogen) atoms. The zero-order chi connectivity index (χ0) is 26.0. The molecule has 2 amide bonds. The first kappa shape index (κ1) is 25.3. The monoisotopic (exact) mass is 528 g/mol. The first-order chi connectivity index (χ1) is 17.2. The number of H-pyrrole nitrogens is 1. The Kier molecular flexibility index (Phi) is 7.36. The molecule has 0 aliphatic carbocycles. The molecule has 188 valence electrons. The van der Waals surface area contributed by atoms with Crippen molar-refractivity contribution < 1.29 is 9.59 Å². The summed E-state index contributed by atoms with van der Waals surface area (Å²) in [5, 5.41) is 6.54. The van der Waals surface area contributed by atoms with Crippen molar-refractivity contribution in [2.24, 2.45) is 10.7 Å². The van der Waals surface area contributed by atoms with Crippen molar-refractivity contribution in [3.05, 3.63) is 62.2 Å². The number of pyridine rings is 2. The molecule has 0 bridgehead atoms. The molecule has 4 heterocycles. The highest BCUT2D eigenvalue weighted by Gasteiger charge is 2.28. The summed E-state index contributed by atoms with van der Waals surface area (Å²) in [7, 11) is 0. The van der Waals surface area contributed by atoms with E-state index in [9.17, 15) is 14.4 Å². The molecule has 3 aromatic rings. The van der Waals surface area contributed by atoms with Crippen molar-refractivity contribution in [3.8, 4) is 0 Å². The van der Waals surface area contributed by atoms with Crippen LogP contribution >= 0.6 is 23.1 Å². The van der Waals surface area contributed by atoms with Crippen LogP contribution in [0.3, 0.4) is 0 Å². The van der Waals surface area contributed by atoms with E-state index in [4.69, 9.17) is 17.3 Å². The van der Waals surface area contributed by atoms with Crippen molar-refractivity contribution in [3.63, 3.8) is 0 Å². The van der Waals surface area contributed by atoms with Gasteiger partial charge in [-0.3, -0.25) is 23.7 Å². The molecule has 5 N–H and O–H groups in total. The van der Waals surface area contributed by atoms with E-state index < -0.39 is 0 Å². The van der Waals surface area contributed by atoms with E-state index in [1.165, 1.54) is 6.20 Å². The van der Waals surface area contributed by atoms with Crippen LogP contribution < -0.4 is 21.9 Å². The van der Waals surface area contributed by atoms with Crippen LogP contribution in [0.1, 0.15) is 54.2 Å². The molecule has 1 aliphatic rings. The molecular formula is C23H25ClN8O3S. The highest BCUT2D eigenvalue weighted by atomic mass is 35.5. The fourth-order valence-corrected chi connectivity index (χ4v) is 4.65. The summed E-state index contributed by atoms with van der Waals surface area (Å²) in [5.41, 5.74) is 7.90. The van der Waals surface area contributed by atoms with Crippen LogP contribution in [0.4, 0.5) is 16.6 Å². The van der Waals surface area contributed by atoms with E-state index in [1.54, 1.807) is 30.0 Å². The minimum atomic E-state index is -0.339. The Balaban J connectivity index is 1.49. The van der Waals surface area contributed by atoms with Crippen LogP contribution in [0.25, 0.3) is 0 Å². The molecular weight excluding hydrogens is 504 g/mol. The Labute approximate surface area is 216 Å². The van der Waals surface area contributed by atoms with Gasteiger partial charge in [-0.2, -0.15) is 0 Å². The summed E-state index contributed by atoms with van der Waals surface area (Å²) >= 11 is 7.21. The van der Waals surface area contributed by atoms with Gasteiger partial charge in [0.15, 0.2) is 0 Å². The minimum absolute atomic E-state index is 0.0666. The number of hydrogen-bond acceptors (Lipinski definition) is 8. The third kappa shape index (κ3) is 5.39. The van der Waals surface area contributed by atoms with Crippen molar-refractivity contribution in [2.45, 2.75) is 46.3 Å². The van der Waals surface area contributed by atoms with E-state index in [1.807, 2.05) is 13.8 Å². The van der Waals surface area contributed by atoms with Crippen LogP contribution in [-0.4, -0.2) is 42.9 Å². The van der Waals surface area contributed by atoms with Gasteiger partial charge in [0.2, 0.25) is 5.91 Å². The van der Waals surface area contributed by atoms with Crippen molar-refractivity contribution in [1.82, 2.24) is 19.2 Å². The quantitative estimate of drug-likeness (QED) is 0.208. The largest absolute Gasteiger partial charge is 0.383 e.